The molecule has 84 valence electrons. The molecule has 0 aromatic rings. The van der Waals surface area contributed by atoms with Crippen LogP contribution in [0.3, 0.4) is 0 Å². The molecule has 0 aromatic carbocycles. The minimum atomic E-state index is -0.417. The van der Waals surface area contributed by atoms with Crippen LogP contribution in [-0.4, -0.2) is 31.7 Å². The molecule has 0 fully saturated rings. The number of methoxy groups -OCH3 is 1. The number of hydrogen-bond donors (Lipinski definition) is 2. The maximum absolute atomic E-state index is 11.5. The first kappa shape index (κ1) is 13.4. The number of nitrogens with two attached hydrogens (primary N) is 1. The van der Waals surface area contributed by atoms with Crippen LogP contribution in [0.25, 0.3) is 0 Å². The molecular formula is C10H22N2O2. The Balaban J connectivity index is 3.94. The average Bonchev–Trinajstić information content (AvgIpc) is 2.15. The van der Waals surface area contributed by atoms with Crippen LogP contribution in [0.2, 0.25) is 0 Å². The Morgan fingerprint density at radius 2 is 2.07 bits per heavy atom. The lowest BCUT2D eigenvalue weighted by Crippen LogP contribution is -2.48. The summed E-state index contributed by atoms with van der Waals surface area (Å²) in [5, 5.41) is 2.81. The first-order valence-corrected chi connectivity index (χ1v) is 5.07. The standard InChI is InChI=1S/C10H22N2O2/c1-5-7(2)9(11)10(13)12-8(3)6-14-4/h7-9H,5-6,11H2,1-4H3,(H,12,13)/t7?,8?,9-/m0/s1. The van der Waals surface area contributed by atoms with E-state index in [4.69, 9.17) is 10.5 Å². The molecule has 0 aliphatic carbocycles. The zero-order chi connectivity index (χ0) is 11.1. The van der Waals surface area contributed by atoms with E-state index in [1.54, 1.807) is 7.11 Å². The summed E-state index contributed by atoms with van der Waals surface area (Å²) in [6.07, 6.45) is 0.910. The van der Waals surface area contributed by atoms with Gasteiger partial charge in [-0.2, -0.15) is 0 Å². The highest BCUT2D eigenvalue weighted by Gasteiger charge is 2.20. The van der Waals surface area contributed by atoms with Crippen molar-refractivity contribution in [1.29, 1.82) is 0 Å². The molecule has 0 aromatic heterocycles. The second-order valence-electron chi connectivity index (χ2n) is 3.78. The first-order valence-electron chi connectivity index (χ1n) is 5.07. The van der Waals surface area contributed by atoms with Crippen molar-refractivity contribution in [3.63, 3.8) is 0 Å². The van der Waals surface area contributed by atoms with E-state index in [0.717, 1.165) is 6.42 Å². The zero-order valence-electron chi connectivity index (χ0n) is 9.54. The molecule has 0 saturated heterocycles. The van der Waals surface area contributed by atoms with Crippen molar-refractivity contribution >= 4 is 5.91 Å². The SMILES string of the molecule is CCC(C)[C@H](N)C(=O)NC(C)COC. The van der Waals surface area contributed by atoms with Crippen molar-refractivity contribution in [2.75, 3.05) is 13.7 Å². The summed E-state index contributed by atoms with van der Waals surface area (Å²) in [6, 6.07) is -0.401. The van der Waals surface area contributed by atoms with Gasteiger partial charge in [0.2, 0.25) is 5.91 Å². The highest BCUT2D eigenvalue weighted by Crippen LogP contribution is 2.05. The number of nitrogens with one attached hydrogen (secondary N) is 1. The van der Waals surface area contributed by atoms with Gasteiger partial charge < -0.3 is 15.8 Å². The van der Waals surface area contributed by atoms with E-state index in [-0.39, 0.29) is 17.9 Å². The minimum Gasteiger partial charge on any atom is -0.383 e. The number of amides is 1. The smallest absolute Gasteiger partial charge is 0.237 e. The number of carbonyl (C=O) groups is 1. The molecule has 0 saturated carbocycles. The van der Waals surface area contributed by atoms with E-state index in [9.17, 15) is 4.79 Å². The molecule has 4 nitrogen and oxygen atoms in total. The lowest BCUT2D eigenvalue weighted by molar-refractivity contribution is -0.124. The number of carbonyl (C=O) groups excluding carboxylic acids is 1. The fourth-order valence-electron chi connectivity index (χ4n) is 1.14. The van der Waals surface area contributed by atoms with Gasteiger partial charge in [0.05, 0.1) is 12.6 Å². The van der Waals surface area contributed by atoms with Crippen LogP contribution in [0.4, 0.5) is 0 Å². The van der Waals surface area contributed by atoms with Gasteiger partial charge in [-0.05, 0) is 12.8 Å². The molecular weight excluding hydrogens is 180 g/mol. The molecule has 1 amide bonds. The molecule has 14 heavy (non-hydrogen) atoms. The maximum atomic E-state index is 11.5. The van der Waals surface area contributed by atoms with Gasteiger partial charge in [0.15, 0.2) is 0 Å². The Labute approximate surface area is 86.2 Å². The minimum absolute atomic E-state index is 0.0163. The summed E-state index contributed by atoms with van der Waals surface area (Å²) < 4.78 is 4.92. The fourth-order valence-corrected chi connectivity index (χ4v) is 1.14. The number of ether oxygens (including phenoxy) is 1. The summed E-state index contributed by atoms with van der Waals surface area (Å²) in [5.41, 5.74) is 5.76. The highest BCUT2D eigenvalue weighted by atomic mass is 16.5. The molecule has 0 heterocycles. The van der Waals surface area contributed by atoms with Crippen LogP contribution >= 0.6 is 0 Å². The van der Waals surface area contributed by atoms with Crippen LogP contribution in [0.15, 0.2) is 0 Å². The number of rotatable bonds is 6. The lowest BCUT2D eigenvalue weighted by atomic mass is 9.99. The van der Waals surface area contributed by atoms with E-state index in [1.165, 1.54) is 0 Å². The predicted octanol–water partition coefficient (Wildman–Crippen LogP) is 0.511. The van der Waals surface area contributed by atoms with Crippen molar-refractivity contribution in [1.82, 2.24) is 5.32 Å². The van der Waals surface area contributed by atoms with Gasteiger partial charge in [-0.15, -0.1) is 0 Å². The monoisotopic (exact) mass is 202 g/mol. The Hall–Kier alpha value is -0.610. The third-order valence-corrected chi connectivity index (χ3v) is 2.37. The summed E-state index contributed by atoms with van der Waals surface area (Å²) in [7, 11) is 1.61. The van der Waals surface area contributed by atoms with Gasteiger partial charge in [0.25, 0.3) is 0 Å². The van der Waals surface area contributed by atoms with E-state index in [2.05, 4.69) is 5.32 Å². The Morgan fingerprint density at radius 3 is 2.50 bits per heavy atom. The number of hydrogen-bond acceptors (Lipinski definition) is 3. The fraction of sp³-hybridized carbons (Fsp3) is 0.900. The molecule has 0 aliphatic rings. The Bertz CT molecular complexity index is 174. The quantitative estimate of drug-likeness (QED) is 0.659. The maximum Gasteiger partial charge on any atom is 0.237 e. The Kier molecular flexibility index (Phi) is 6.49. The van der Waals surface area contributed by atoms with Gasteiger partial charge in [-0.3, -0.25) is 4.79 Å². The van der Waals surface area contributed by atoms with Crippen molar-refractivity contribution < 1.29 is 9.53 Å². The molecule has 3 N–H and O–H groups in total. The van der Waals surface area contributed by atoms with Gasteiger partial charge in [0, 0.05) is 13.2 Å². The highest BCUT2D eigenvalue weighted by molar-refractivity contribution is 5.82. The largest absolute Gasteiger partial charge is 0.383 e. The van der Waals surface area contributed by atoms with Crippen molar-refractivity contribution in [2.45, 2.75) is 39.3 Å². The van der Waals surface area contributed by atoms with Gasteiger partial charge in [0.1, 0.15) is 0 Å². The average molecular weight is 202 g/mol. The van der Waals surface area contributed by atoms with Crippen LogP contribution in [0, 0.1) is 5.92 Å². The summed E-state index contributed by atoms with van der Waals surface area (Å²) >= 11 is 0. The van der Waals surface area contributed by atoms with Crippen molar-refractivity contribution in [3.8, 4) is 0 Å². The second-order valence-corrected chi connectivity index (χ2v) is 3.78. The van der Waals surface area contributed by atoms with E-state index in [1.807, 2.05) is 20.8 Å². The second kappa shape index (κ2) is 6.79. The van der Waals surface area contributed by atoms with Gasteiger partial charge in [-0.25, -0.2) is 0 Å². The Morgan fingerprint density at radius 1 is 1.50 bits per heavy atom. The van der Waals surface area contributed by atoms with Crippen LogP contribution in [0.1, 0.15) is 27.2 Å². The molecule has 0 spiro atoms. The van der Waals surface area contributed by atoms with Gasteiger partial charge >= 0.3 is 0 Å². The molecule has 2 unspecified atom stereocenters. The van der Waals surface area contributed by atoms with Crippen molar-refractivity contribution in [3.05, 3.63) is 0 Å². The zero-order valence-corrected chi connectivity index (χ0v) is 9.54. The third kappa shape index (κ3) is 4.58. The van der Waals surface area contributed by atoms with Crippen LogP contribution in [0.5, 0.6) is 0 Å². The summed E-state index contributed by atoms with van der Waals surface area (Å²) in [6.45, 7) is 6.41. The summed E-state index contributed by atoms with van der Waals surface area (Å²) in [5.74, 6) is 0.119. The van der Waals surface area contributed by atoms with E-state index < -0.39 is 6.04 Å². The topological polar surface area (TPSA) is 64.4 Å². The lowest BCUT2D eigenvalue weighted by Gasteiger charge is -2.20. The van der Waals surface area contributed by atoms with Crippen molar-refractivity contribution in [2.24, 2.45) is 11.7 Å². The molecule has 0 bridgehead atoms. The van der Waals surface area contributed by atoms with E-state index in [0.29, 0.717) is 6.61 Å². The predicted molar refractivity (Wildman–Crippen MR) is 56.9 cm³/mol. The van der Waals surface area contributed by atoms with Gasteiger partial charge in [-0.1, -0.05) is 20.3 Å². The van der Waals surface area contributed by atoms with E-state index >= 15 is 0 Å². The molecule has 0 radical (unpaired) electrons. The molecule has 3 atom stereocenters. The first-order chi connectivity index (χ1) is 6.52. The molecule has 0 aliphatic heterocycles. The van der Waals surface area contributed by atoms with Crippen LogP contribution in [-0.2, 0) is 9.53 Å². The molecule has 0 rings (SSSR count). The third-order valence-electron chi connectivity index (χ3n) is 2.37. The normalized spacial score (nSPS) is 17.2. The molecule has 4 heteroatoms. The van der Waals surface area contributed by atoms with Crippen LogP contribution < -0.4 is 11.1 Å². The summed E-state index contributed by atoms with van der Waals surface area (Å²) in [4.78, 5) is 11.5.